The third-order valence-corrected chi connectivity index (χ3v) is 5.42. The molecule has 0 atom stereocenters. The van der Waals surface area contributed by atoms with Crippen LogP contribution < -0.4 is 10.2 Å². The van der Waals surface area contributed by atoms with Crippen molar-refractivity contribution < 1.29 is 0 Å². The molecule has 2 fully saturated rings. The van der Waals surface area contributed by atoms with Crippen LogP contribution in [0.2, 0.25) is 0 Å². The van der Waals surface area contributed by atoms with Gasteiger partial charge in [0.15, 0.2) is 0 Å². The van der Waals surface area contributed by atoms with Crippen molar-refractivity contribution in [2.75, 3.05) is 23.7 Å². The summed E-state index contributed by atoms with van der Waals surface area (Å²) in [7, 11) is 0. The van der Waals surface area contributed by atoms with Crippen molar-refractivity contribution in [1.29, 1.82) is 5.26 Å². The Morgan fingerprint density at radius 2 is 2.24 bits per heavy atom. The van der Waals surface area contributed by atoms with Gasteiger partial charge < -0.3 is 10.2 Å². The number of nitrogens with zero attached hydrogens (tertiary/aromatic N) is 2. The van der Waals surface area contributed by atoms with Crippen molar-refractivity contribution in [1.82, 2.24) is 5.32 Å². The van der Waals surface area contributed by atoms with E-state index in [2.05, 4.69) is 48.3 Å². The fourth-order valence-electron chi connectivity index (χ4n) is 2.83. The highest BCUT2D eigenvalue weighted by Gasteiger charge is 2.28. The van der Waals surface area contributed by atoms with Crippen LogP contribution in [-0.4, -0.2) is 29.6 Å². The second-order valence-electron chi connectivity index (χ2n) is 6.65. The first-order valence-corrected chi connectivity index (χ1v) is 8.71. The van der Waals surface area contributed by atoms with Crippen molar-refractivity contribution >= 4 is 17.4 Å². The molecule has 2 aliphatic rings. The number of thioether (sulfide) groups is 1. The average molecular weight is 301 g/mol. The van der Waals surface area contributed by atoms with Gasteiger partial charge in [0.1, 0.15) is 6.07 Å². The standard InChI is InChI=1S/C17H23N3S/c1-17(2)12-20(7-8-21-17)16-6-3-13(9-14(16)10-18)11-19-15-4-5-15/h3,6,9,15,19H,4-5,7-8,11-12H2,1-2H3. The lowest BCUT2D eigenvalue weighted by Crippen LogP contribution is -2.43. The van der Waals surface area contributed by atoms with Crippen LogP contribution in [0.3, 0.4) is 0 Å². The minimum Gasteiger partial charge on any atom is -0.368 e. The summed E-state index contributed by atoms with van der Waals surface area (Å²) < 4.78 is 0.261. The van der Waals surface area contributed by atoms with Crippen molar-refractivity contribution in [3.05, 3.63) is 29.3 Å². The average Bonchev–Trinajstić information content (AvgIpc) is 3.28. The first-order valence-electron chi connectivity index (χ1n) is 7.73. The predicted octanol–water partition coefficient (Wildman–Crippen LogP) is 3.14. The zero-order valence-electron chi connectivity index (χ0n) is 12.9. The molecule has 1 aliphatic carbocycles. The van der Waals surface area contributed by atoms with Crippen LogP contribution in [0.15, 0.2) is 18.2 Å². The van der Waals surface area contributed by atoms with Crippen LogP contribution in [0.25, 0.3) is 0 Å². The van der Waals surface area contributed by atoms with E-state index >= 15 is 0 Å². The molecule has 3 rings (SSSR count). The number of nitrogens with one attached hydrogen (secondary N) is 1. The second kappa shape index (κ2) is 5.90. The van der Waals surface area contributed by atoms with Gasteiger partial charge in [-0.2, -0.15) is 17.0 Å². The van der Waals surface area contributed by atoms with Gasteiger partial charge in [-0.15, -0.1) is 0 Å². The van der Waals surface area contributed by atoms with E-state index in [0.29, 0.717) is 6.04 Å². The third kappa shape index (κ3) is 3.72. The van der Waals surface area contributed by atoms with Crippen LogP contribution >= 0.6 is 11.8 Å². The van der Waals surface area contributed by atoms with Crippen molar-refractivity contribution in [2.24, 2.45) is 0 Å². The molecule has 1 N–H and O–H groups in total. The zero-order chi connectivity index (χ0) is 14.9. The lowest BCUT2D eigenvalue weighted by molar-refractivity contribution is 0.647. The van der Waals surface area contributed by atoms with Gasteiger partial charge in [-0.1, -0.05) is 6.07 Å². The maximum Gasteiger partial charge on any atom is 0.101 e. The lowest BCUT2D eigenvalue weighted by Gasteiger charge is -2.39. The summed E-state index contributed by atoms with van der Waals surface area (Å²) in [6.07, 6.45) is 2.59. The van der Waals surface area contributed by atoms with Crippen LogP contribution in [0.1, 0.15) is 37.8 Å². The topological polar surface area (TPSA) is 39.1 Å². The monoisotopic (exact) mass is 301 g/mol. The Bertz CT molecular complexity index is 558. The zero-order valence-corrected chi connectivity index (χ0v) is 13.7. The Hall–Kier alpha value is -1.18. The van der Waals surface area contributed by atoms with Gasteiger partial charge in [0.05, 0.1) is 11.3 Å². The highest BCUT2D eigenvalue weighted by Crippen LogP contribution is 2.33. The molecule has 21 heavy (non-hydrogen) atoms. The quantitative estimate of drug-likeness (QED) is 0.927. The number of hydrogen-bond acceptors (Lipinski definition) is 4. The Morgan fingerprint density at radius 1 is 1.43 bits per heavy atom. The number of hydrogen-bond donors (Lipinski definition) is 1. The Morgan fingerprint density at radius 3 is 2.90 bits per heavy atom. The number of benzene rings is 1. The minimum atomic E-state index is 0.261. The predicted molar refractivity (Wildman–Crippen MR) is 89.8 cm³/mol. The maximum atomic E-state index is 9.49. The molecule has 112 valence electrons. The van der Waals surface area contributed by atoms with Crippen molar-refractivity contribution in [3.63, 3.8) is 0 Å². The summed E-state index contributed by atoms with van der Waals surface area (Å²) in [6.45, 7) is 7.48. The summed E-state index contributed by atoms with van der Waals surface area (Å²) in [6, 6.07) is 9.45. The summed E-state index contributed by atoms with van der Waals surface area (Å²) in [5.74, 6) is 1.13. The van der Waals surface area contributed by atoms with Crippen LogP contribution in [0, 0.1) is 11.3 Å². The normalized spacial score (nSPS) is 21.1. The van der Waals surface area contributed by atoms with Gasteiger partial charge in [-0.05, 0) is 44.4 Å². The van der Waals surface area contributed by atoms with E-state index in [-0.39, 0.29) is 4.75 Å². The lowest BCUT2D eigenvalue weighted by atomic mass is 10.1. The van der Waals surface area contributed by atoms with Crippen LogP contribution in [0.5, 0.6) is 0 Å². The summed E-state index contributed by atoms with van der Waals surface area (Å²) in [4.78, 5) is 2.37. The fraction of sp³-hybridized carbons (Fsp3) is 0.588. The molecule has 1 saturated carbocycles. The molecule has 1 saturated heterocycles. The third-order valence-electron chi connectivity index (χ3n) is 4.12. The SMILES string of the molecule is CC1(C)CN(c2ccc(CNC3CC3)cc2C#N)CCS1. The molecule has 0 bridgehead atoms. The Balaban J connectivity index is 1.76. The van der Waals surface area contributed by atoms with E-state index in [9.17, 15) is 5.26 Å². The molecular weight excluding hydrogens is 278 g/mol. The molecule has 1 heterocycles. The number of rotatable bonds is 4. The molecule has 0 aromatic heterocycles. The van der Waals surface area contributed by atoms with E-state index in [1.54, 1.807) is 0 Å². The fourth-order valence-corrected chi connectivity index (χ4v) is 3.94. The molecule has 3 nitrogen and oxygen atoms in total. The molecule has 1 aromatic rings. The highest BCUT2D eigenvalue weighted by atomic mass is 32.2. The first-order chi connectivity index (χ1) is 10.1. The highest BCUT2D eigenvalue weighted by molar-refractivity contribution is 8.00. The largest absolute Gasteiger partial charge is 0.368 e. The van der Waals surface area contributed by atoms with E-state index in [1.165, 1.54) is 18.4 Å². The van der Waals surface area contributed by atoms with Crippen molar-refractivity contribution in [3.8, 4) is 6.07 Å². The van der Waals surface area contributed by atoms with E-state index in [4.69, 9.17) is 0 Å². The minimum absolute atomic E-state index is 0.261. The van der Waals surface area contributed by atoms with Crippen LogP contribution in [-0.2, 0) is 6.54 Å². The molecule has 1 aromatic carbocycles. The summed E-state index contributed by atoms with van der Waals surface area (Å²) in [5, 5.41) is 13.0. The molecule has 0 unspecified atom stereocenters. The van der Waals surface area contributed by atoms with Crippen LogP contribution in [0.4, 0.5) is 5.69 Å². The molecule has 0 radical (unpaired) electrons. The van der Waals surface area contributed by atoms with Gasteiger partial charge in [0.2, 0.25) is 0 Å². The molecule has 1 aliphatic heterocycles. The first kappa shape index (κ1) is 14.7. The van der Waals surface area contributed by atoms with Gasteiger partial charge in [-0.3, -0.25) is 0 Å². The van der Waals surface area contributed by atoms with E-state index in [0.717, 1.165) is 36.6 Å². The van der Waals surface area contributed by atoms with Crippen molar-refractivity contribution in [2.45, 2.75) is 44.0 Å². The number of nitriles is 1. The maximum absolute atomic E-state index is 9.49. The van der Waals surface area contributed by atoms with Gasteiger partial charge >= 0.3 is 0 Å². The number of anilines is 1. The van der Waals surface area contributed by atoms with Gasteiger partial charge in [0.25, 0.3) is 0 Å². The van der Waals surface area contributed by atoms with Gasteiger partial charge in [-0.25, -0.2) is 0 Å². The molecule has 0 spiro atoms. The summed E-state index contributed by atoms with van der Waals surface area (Å²) in [5.41, 5.74) is 3.13. The molecule has 0 amide bonds. The molecular formula is C17H23N3S. The van der Waals surface area contributed by atoms with E-state index < -0.39 is 0 Å². The van der Waals surface area contributed by atoms with Gasteiger partial charge in [0, 0.05) is 36.2 Å². The Labute approximate surface area is 131 Å². The van der Waals surface area contributed by atoms with E-state index in [1.807, 2.05) is 11.8 Å². The summed E-state index contributed by atoms with van der Waals surface area (Å²) >= 11 is 2.02. The Kier molecular flexibility index (Phi) is 4.14. The smallest absolute Gasteiger partial charge is 0.101 e. The molecule has 4 heteroatoms. The second-order valence-corrected chi connectivity index (χ2v) is 8.45.